The van der Waals surface area contributed by atoms with Gasteiger partial charge in [0.2, 0.25) is 0 Å². The van der Waals surface area contributed by atoms with Gasteiger partial charge in [-0.05, 0) is 49.9 Å². The van der Waals surface area contributed by atoms with E-state index in [-0.39, 0.29) is 11.6 Å². The molecule has 1 aliphatic rings. The summed E-state index contributed by atoms with van der Waals surface area (Å²) in [4.78, 5) is 25.6. The van der Waals surface area contributed by atoms with Crippen molar-refractivity contribution in [1.29, 1.82) is 0 Å². The SMILES string of the molecule is Cc1cccc(NC(=O)c2cc([N+](=O)[O-])ccc2N2CCCCC2)c1. The maximum absolute atomic E-state index is 12.8. The van der Waals surface area contributed by atoms with E-state index in [9.17, 15) is 14.9 Å². The molecular formula is C19H21N3O3. The summed E-state index contributed by atoms with van der Waals surface area (Å²) >= 11 is 0. The first kappa shape index (κ1) is 17.0. The molecule has 0 atom stereocenters. The van der Waals surface area contributed by atoms with Gasteiger partial charge in [-0.15, -0.1) is 0 Å². The third kappa shape index (κ3) is 3.96. The average Bonchev–Trinajstić information content (AvgIpc) is 2.62. The number of hydrogen-bond acceptors (Lipinski definition) is 4. The zero-order chi connectivity index (χ0) is 17.8. The molecule has 1 amide bonds. The molecule has 1 aliphatic heterocycles. The van der Waals surface area contributed by atoms with Gasteiger partial charge < -0.3 is 10.2 Å². The Morgan fingerprint density at radius 3 is 2.56 bits per heavy atom. The van der Waals surface area contributed by atoms with Crippen molar-refractivity contribution in [3.05, 3.63) is 63.7 Å². The number of aryl methyl sites for hydroxylation is 1. The largest absolute Gasteiger partial charge is 0.371 e. The summed E-state index contributed by atoms with van der Waals surface area (Å²) in [7, 11) is 0. The normalized spacial score (nSPS) is 14.2. The zero-order valence-electron chi connectivity index (χ0n) is 14.2. The highest BCUT2D eigenvalue weighted by Gasteiger charge is 2.22. The minimum absolute atomic E-state index is 0.0739. The van der Waals surface area contributed by atoms with Crippen LogP contribution in [0.25, 0.3) is 0 Å². The maximum Gasteiger partial charge on any atom is 0.270 e. The van der Waals surface area contributed by atoms with E-state index in [1.54, 1.807) is 6.07 Å². The Morgan fingerprint density at radius 2 is 1.88 bits per heavy atom. The topological polar surface area (TPSA) is 75.5 Å². The van der Waals surface area contributed by atoms with Gasteiger partial charge in [-0.25, -0.2) is 0 Å². The van der Waals surface area contributed by atoms with Gasteiger partial charge in [0.15, 0.2) is 0 Å². The smallest absolute Gasteiger partial charge is 0.270 e. The van der Waals surface area contributed by atoms with Crippen LogP contribution in [0.15, 0.2) is 42.5 Å². The number of nitro groups is 1. The van der Waals surface area contributed by atoms with Gasteiger partial charge in [0.05, 0.1) is 16.2 Å². The summed E-state index contributed by atoms with van der Waals surface area (Å²) in [6.45, 7) is 3.67. The first-order valence-electron chi connectivity index (χ1n) is 8.46. The second-order valence-electron chi connectivity index (χ2n) is 6.33. The number of amides is 1. The summed E-state index contributed by atoms with van der Waals surface area (Å²) in [6.07, 6.45) is 3.31. The molecule has 0 radical (unpaired) electrons. The Morgan fingerprint density at radius 1 is 1.12 bits per heavy atom. The molecule has 25 heavy (non-hydrogen) atoms. The highest BCUT2D eigenvalue weighted by Crippen LogP contribution is 2.28. The van der Waals surface area contributed by atoms with Crippen molar-refractivity contribution < 1.29 is 9.72 Å². The molecule has 1 fully saturated rings. The van der Waals surface area contributed by atoms with Crippen LogP contribution in [-0.4, -0.2) is 23.9 Å². The van der Waals surface area contributed by atoms with Crippen molar-refractivity contribution in [3.8, 4) is 0 Å². The zero-order valence-corrected chi connectivity index (χ0v) is 14.2. The predicted octanol–water partition coefficient (Wildman–Crippen LogP) is 4.15. The van der Waals surface area contributed by atoms with Crippen molar-refractivity contribution >= 4 is 23.0 Å². The lowest BCUT2D eigenvalue weighted by molar-refractivity contribution is -0.384. The van der Waals surface area contributed by atoms with Gasteiger partial charge in [0.25, 0.3) is 11.6 Å². The lowest BCUT2D eigenvalue weighted by Gasteiger charge is -2.30. The Bertz CT molecular complexity index is 798. The van der Waals surface area contributed by atoms with E-state index in [4.69, 9.17) is 0 Å². The van der Waals surface area contributed by atoms with Crippen molar-refractivity contribution in [2.45, 2.75) is 26.2 Å². The fourth-order valence-electron chi connectivity index (χ4n) is 3.15. The monoisotopic (exact) mass is 339 g/mol. The number of nitrogens with zero attached hydrogens (tertiary/aromatic N) is 2. The second-order valence-corrected chi connectivity index (χ2v) is 6.33. The van der Waals surface area contributed by atoms with Gasteiger partial charge >= 0.3 is 0 Å². The van der Waals surface area contributed by atoms with Crippen molar-refractivity contribution in [2.75, 3.05) is 23.3 Å². The molecule has 1 saturated heterocycles. The van der Waals surface area contributed by atoms with Crippen molar-refractivity contribution in [3.63, 3.8) is 0 Å². The molecule has 2 aromatic carbocycles. The molecule has 1 N–H and O–H groups in total. The van der Waals surface area contributed by atoms with Crippen LogP contribution in [0.2, 0.25) is 0 Å². The number of nitrogens with one attached hydrogen (secondary N) is 1. The van der Waals surface area contributed by atoms with Gasteiger partial charge in [-0.2, -0.15) is 0 Å². The number of non-ortho nitro benzene ring substituents is 1. The summed E-state index contributed by atoms with van der Waals surface area (Å²) in [5.41, 5.74) is 2.75. The molecule has 0 aliphatic carbocycles. The first-order valence-corrected chi connectivity index (χ1v) is 8.46. The highest BCUT2D eigenvalue weighted by molar-refractivity contribution is 6.08. The van der Waals surface area contributed by atoms with Gasteiger partial charge in [-0.1, -0.05) is 12.1 Å². The van der Waals surface area contributed by atoms with Crippen LogP contribution in [0.1, 0.15) is 35.2 Å². The van der Waals surface area contributed by atoms with Crippen molar-refractivity contribution in [2.24, 2.45) is 0 Å². The van der Waals surface area contributed by atoms with E-state index in [2.05, 4.69) is 10.2 Å². The molecule has 1 heterocycles. The number of rotatable bonds is 4. The standard InChI is InChI=1S/C19H21N3O3/c1-14-6-5-7-15(12-14)20-19(23)17-13-16(22(24)25)8-9-18(17)21-10-3-2-4-11-21/h5-9,12-13H,2-4,10-11H2,1H3,(H,20,23). The van der Waals surface area contributed by atoms with Crippen molar-refractivity contribution in [1.82, 2.24) is 0 Å². The van der Waals surface area contributed by atoms with Crippen LogP contribution in [0.3, 0.4) is 0 Å². The summed E-state index contributed by atoms with van der Waals surface area (Å²) in [6, 6.07) is 12.0. The Labute approximate surface area is 146 Å². The molecule has 130 valence electrons. The quantitative estimate of drug-likeness (QED) is 0.671. The molecule has 6 nitrogen and oxygen atoms in total. The van der Waals surface area contributed by atoms with Gasteiger partial charge in [0.1, 0.15) is 0 Å². The fraction of sp³-hybridized carbons (Fsp3) is 0.316. The van der Waals surface area contributed by atoms with E-state index >= 15 is 0 Å². The summed E-state index contributed by atoms with van der Waals surface area (Å²) in [5.74, 6) is -0.324. The molecular weight excluding hydrogens is 318 g/mol. The number of anilines is 2. The van der Waals surface area contributed by atoms with E-state index < -0.39 is 4.92 Å². The summed E-state index contributed by atoms with van der Waals surface area (Å²) in [5, 5.41) is 14.0. The number of carbonyl (C=O) groups is 1. The molecule has 2 aromatic rings. The first-order chi connectivity index (χ1) is 12.0. The lowest BCUT2D eigenvalue weighted by atomic mass is 10.1. The highest BCUT2D eigenvalue weighted by atomic mass is 16.6. The lowest BCUT2D eigenvalue weighted by Crippen LogP contribution is -2.31. The second kappa shape index (κ2) is 7.34. The molecule has 0 unspecified atom stereocenters. The molecule has 0 aromatic heterocycles. The number of hydrogen-bond donors (Lipinski definition) is 1. The minimum atomic E-state index is -0.469. The van der Waals surface area contributed by atoms with E-state index in [1.165, 1.54) is 18.6 Å². The summed E-state index contributed by atoms with van der Waals surface area (Å²) < 4.78 is 0. The van der Waals surface area contributed by atoms with Crippen LogP contribution in [0.4, 0.5) is 17.1 Å². The number of benzene rings is 2. The van der Waals surface area contributed by atoms with Gasteiger partial charge in [0, 0.05) is 30.9 Å². The number of piperidine rings is 1. The van der Waals surface area contributed by atoms with E-state index in [0.717, 1.165) is 37.2 Å². The number of nitro benzene ring substituents is 1. The molecule has 0 saturated carbocycles. The van der Waals surface area contributed by atoms with Crippen LogP contribution in [0, 0.1) is 17.0 Å². The minimum Gasteiger partial charge on any atom is -0.371 e. The van der Waals surface area contributed by atoms with E-state index in [1.807, 2.05) is 31.2 Å². The number of carbonyl (C=O) groups excluding carboxylic acids is 1. The average molecular weight is 339 g/mol. The Balaban J connectivity index is 1.94. The predicted molar refractivity (Wildman–Crippen MR) is 98.3 cm³/mol. The van der Waals surface area contributed by atoms with Crippen LogP contribution >= 0.6 is 0 Å². The molecule has 6 heteroatoms. The fourth-order valence-corrected chi connectivity index (χ4v) is 3.15. The molecule has 0 bridgehead atoms. The molecule has 3 rings (SSSR count). The maximum atomic E-state index is 12.8. The Kier molecular flexibility index (Phi) is 4.97. The molecule has 0 spiro atoms. The van der Waals surface area contributed by atoms with Crippen LogP contribution in [0.5, 0.6) is 0 Å². The Hall–Kier alpha value is -2.89. The van der Waals surface area contributed by atoms with Crippen LogP contribution < -0.4 is 10.2 Å². The third-order valence-electron chi connectivity index (χ3n) is 4.41. The third-order valence-corrected chi connectivity index (χ3v) is 4.41. The van der Waals surface area contributed by atoms with E-state index in [0.29, 0.717) is 11.3 Å². The van der Waals surface area contributed by atoms with Gasteiger partial charge in [-0.3, -0.25) is 14.9 Å². The van der Waals surface area contributed by atoms with Crippen LogP contribution in [-0.2, 0) is 0 Å².